The number of carbonyl (C=O) groups excluding carboxylic acids is 2. The highest BCUT2D eigenvalue weighted by Crippen LogP contribution is 2.53. The fraction of sp³-hybridized carbons (Fsp3) is 0.750. The number of allylic oxidation sites excluding steroid dienone is 2. The van der Waals surface area contributed by atoms with Gasteiger partial charge < -0.3 is 61.1 Å². The van der Waals surface area contributed by atoms with Gasteiger partial charge in [-0.05, 0) is 157 Å². The van der Waals surface area contributed by atoms with Crippen LogP contribution in [0.25, 0.3) is 0 Å². The molecule has 15 nitrogen and oxygen atoms in total. The SMILES string of the molecule is CO[C@H]1C[C@@H](C)C/C(C)=C/[C@H]2C[C@@H](O[Si](C)(C)C(C)(C)C)CO[C@@]23C[C@H](OC(C)(C)O3)[C@@H](C)[C@@H](/C(C)=C/[C@@H]2CC[C@@H](O[Si](c3ccccc3)(c3ccccc3)C(C)(C)C)[C@H](OC)C2)OC(=O)[C@@H]2CCCCN2C(=O)[C@@H]2OC(C)(C)O[C@@]23O[C@H]1[C@@H](OC)C[C@H]3C. The van der Waals surface area contributed by atoms with Crippen molar-refractivity contribution in [1.82, 2.24) is 4.90 Å². The summed E-state index contributed by atoms with van der Waals surface area (Å²) in [5.41, 5.74) is 2.10. The molecule has 0 unspecified atom stereocenters. The maximum absolute atomic E-state index is 15.7. The van der Waals surface area contributed by atoms with Crippen LogP contribution >= 0.6 is 0 Å². The molecule has 2 aromatic rings. The van der Waals surface area contributed by atoms with Crippen molar-refractivity contribution < 1.29 is 65.8 Å². The van der Waals surface area contributed by atoms with Crippen LogP contribution in [0, 0.1) is 29.6 Å². The Morgan fingerprint density at radius 2 is 1.33 bits per heavy atom. The second-order valence-corrected chi connectivity index (χ2v) is 40.2. The average molecular weight is 1270 g/mol. The van der Waals surface area contributed by atoms with Crippen molar-refractivity contribution in [2.75, 3.05) is 34.5 Å². The van der Waals surface area contributed by atoms with E-state index >= 15 is 9.59 Å². The minimum absolute atomic E-state index is 0.00865. The number of fused-ring (bicyclic) bond motifs is 3. The summed E-state index contributed by atoms with van der Waals surface area (Å²) in [6.45, 7) is 37.4. The Balaban J connectivity index is 1.12. The molecular weight excluding hydrogens is 1160 g/mol. The molecule has 1 saturated carbocycles. The predicted molar refractivity (Wildman–Crippen MR) is 351 cm³/mol. The number of carbonyl (C=O) groups is 2. The molecule has 0 aromatic heterocycles. The lowest BCUT2D eigenvalue weighted by Gasteiger charge is -2.55. The van der Waals surface area contributed by atoms with Crippen molar-refractivity contribution >= 4 is 38.9 Å². The van der Waals surface area contributed by atoms with Gasteiger partial charge in [0.15, 0.2) is 31.8 Å². The van der Waals surface area contributed by atoms with E-state index < -0.39 is 88.2 Å². The molecule has 6 heterocycles. The smallest absolute Gasteiger partial charge is 0.329 e. The highest BCUT2D eigenvalue weighted by atomic mass is 28.4. The number of esters is 1. The van der Waals surface area contributed by atoms with Crippen LogP contribution < -0.4 is 10.4 Å². The quantitative estimate of drug-likeness (QED) is 0.119. The van der Waals surface area contributed by atoms with Crippen LogP contribution in [0.15, 0.2) is 84.0 Å². The number of rotatable bonds is 11. The average Bonchev–Trinajstić information content (AvgIpc) is 1.76. The van der Waals surface area contributed by atoms with Crippen LogP contribution in [-0.2, 0) is 65.8 Å². The third-order valence-corrected chi connectivity index (χ3v) is 31.0. The summed E-state index contributed by atoms with van der Waals surface area (Å²) in [5, 5.41) is 2.25. The third kappa shape index (κ3) is 14.7. The molecule has 2 aromatic carbocycles. The van der Waals surface area contributed by atoms with Gasteiger partial charge in [0.05, 0.1) is 43.2 Å². The van der Waals surface area contributed by atoms with Gasteiger partial charge in [-0.25, -0.2) is 4.79 Å². The van der Waals surface area contributed by atoms with Gasteiger partial charge in [-0.1, -0.05) is 141 Å². The Labute approximate surface area is 536 Å². The van der Waals surface area contributed by atoms with Crippen LogP contribution in [-0.4, -0.2) is 152 Å². The highest BCUT2D eigenvalue weighted by Gasteiger charge is 2.66. The first kappa shape index (κ1) is 70.2. The Kier molecular flexibility index (Phi) is 21.5. The summed E-state index contributed by atoms with van der Waals surface area (Å²) in [6, 6.07) is 20.7. The van der Waals surface area contributed by atoms with Crippen molar-refractivity contribution in [2.45, 2.75) is 282 Å². The summed E-state index contributed by atoms with van der Waals surface area (Å²) in [6.07, 6.45) is 7.42. The number of benzene rings is 2. The summed E-state index contributed by atoms with van der Waals surface area (Å²) in [7, 11) is 0.0775. The van der Waals surface area contributed by atoms with Gasteiger partial charge in [0.1, 0.15) is 18.2 Å². The molecule has 7 aliphatic rings. The molecule has 89 heavy (non-hydrogen) atoms. The molecule has 6 aliphatic heterocycles. The van der Waals surface area contributed by atoms with E-state index in [4.69, 9.17) is 56.2 Å². The molecule has 4 bridgehead atoms. The summed E-state index contributed by atoms with van der Waals surface area (Å²) in [5.74, 6) is -6.55. The van der Waals surface area contributed by atoms with Crippen LogP contribution in [0.4, 0.5) is 0 Å². The van der Waals surface area contributed by atoms with Crippen molar-refractivity contribution in [3.8, 4) is 0 Å². The molecule has 1 aliphatic carbocycles. The second kappa shape index (κ2) is 27.3. The number of piperidine rings is 1. The first-order valence-corrected chi connectivity index (χ1v) is 38.5. The Morgan fingerprint density at radius 3 is 1.93 bits per heavy atom. The highest BCUT2D eigenvalue weighted by molar-refractivity contribution is 6.99. The van der Waals surface area contributed by atoms with E-state index in [-0.39, 0.29) is 64.1 Å². The predicted octanol–water partition coefficient (Wildman–Crippen LogP) is 13.0. The van der Waals surface area contributed by atoms with Crippen molar-refractivity contribution in [3.63, 3.8) is 0 Å². The van der Waals surface area contributed by atoms with Crippen LogP contribution in [0.5, 0.6) is 0 Å². The topological polar surface area (TPSA) is 148 Å². The number of hydrogen-bond donors (Lipinski definition) is 0. The molecule has 498 valence electrons. The Morgan fingerprint density at radius 1 is 0.708 bits per heavy atom. The van der Waals surface area contributed by atoms with Crippen LogP contribution in [0.2, 0.25) is 23.2 Å². The minimum Gasteiger partial charge on any atom is -0.456 e. The molecule has 17 heteroatoms. The lowest BCUT2D eigenvalue weighted by Crippen LogP contribution is -2.68. The molecule has 6 fully saturated rings. The largest absolute Gasteiger partial charge is 0.456 e. The van der Waals surface area contributed by atoms with E-state index in [9.17, 15) is 0 Å². The van der Waals surface area contributed by atoms with Gasteiger partial charge in [-0.3, -0.25) is 4.79 Å². The maximum Gasteiger partial charge on any atom is 0.329 e. The normalized spacial score (nSPS) is 37.8. The van der Waals surface area contributed by atoms with Gasteiger partial charge in [0.25, 0.3) is 14.2 Å². The fourth-order valence-electron chi connectivity index (χ4n) is 16.1. The van der Waals surface area contributed by atoms with E-state index in [1.54, 1.807) is 26.2 Å². The van der Waals surface area contributed by atoms with Crippen LogP contribution in [0.1, 0.15) is 174 Å². The monoisotopic (exact) mass is 1270 g/mol. The molecule has 1 amide bonds. The summed E-state index contributed by atoms with van der Waals surface area (Å²) < 4.78 is 83.8. The number of cyclic esters (lactones) is 1. The van der Waals surface area contributed by atoms with Crippen molar-refractivity contribution in [2.24, 2.45) is 29.6 Å². The molecule has 9 rings (SSSR count). The number of ether oxygens (including phenoxy) is 10. The summed E-state index contributed by atoms with van der Waals surface area (Å²) >= 11 is 0. The third-order valence-electron chi connectivity index (χ3n) is 21.5. The minimum atomic E-state index is -2.92. The Hall–Kier alpha value is -3.15. The van der Waals surface area contributed by atoms with Gasteiger partial charge in [-0.2, -0.15) is 0 Å². The molecule has 17 atom stereocenters. The van der Waals surface area contributed by atoms with E-state index in [1.807, 2.05) is 34.6 Å². The lowest BCUT2D eigenvalue weighted by atomic mass is 9.78. The van der Waals surface area contributed by atoms with Gasteiger partial charge >= 0.3 is 5.97 Å². The van der Waals surface area contributed by atoms with Gasteiger partial charge in [-0.15, -0.1) is 0 Å². The van der Waals surface area contributed by atoms with Crippen molar-refractivity contribution in [3.05, 3.63) is 84.0 Å². The second-order valence-electron chi connectivity index (χ2n) is 31.2. The number of methoxy groups -OCH3 is 3. The fourth-order valence-corrected chi connectivity index (χ4v) is 22.2. The number of amides is 1. The van der Waals surface area contributed by atoms with Gasteiger partial charge in [0, 0.05) is 52.0 Å². The maximum atomic E-state index is 15.7. The Bertz CT molecular complexity index is 2740. The molecule has 0 N–H and O–H groups in total. The zero-order valence-corrected chi connectivity index (χ0v) is 59.9. The lowest BCUT2D eigenvalue weighted by molar-refractivity contribution is -0.427. The summed E-state index contributed by atoms with van der Waals surface area (Å²) in [4.78, 5) is 33.1. The first-order chi connectivity index (χ1) is 41.7. The van der Waals surface area contributed by atoms with E-state index in [2.05, 4.69) is 155 Å². The van der Waals surface area contributed by atoms with E-state index in [1.165, 1.54) is 15.9 Å². The molecule has 2 spiro atoms. The molecule has 5 saturated heterocycles. The standard InChI is InChI=1S/C72H113NO14Si2/c1-46-37-47(2)39-59(77-17)63-60(78-18)41-49(4)72(82-63)64(83-70(14,15)87-72)65(74)73-36-28-27-33-56(73)66(75)80-62(50(5)61-44-71(86-69(12,13)81-61)52(38-46)43-53(45-79-71)84-88(19,20)67(6,7)8)48(3)40-51-34-35-57(58(42-51)76-16)85-89(68(9,10)11,54-29-23-21-24-30-54)55-31-25-22-26-32-55/h21-26,29-32,38,40,47,49-53,56-64H,27-28,33-37,39,41-45H2,1-20H3/b46-38+,48-40+/t47-,49+,50+,51-,52-,53+,56-,57+,58+,59-,60-,61-,62+,63+,64-,71+,72+/m0/s1. The molecule has 0 radical (unpaired) electrons. The molecular formula is C72H113NO14Si2. The van der Waals surface area contributed by atoms with E-state index in [0.717, 1.165) is 31.3 Å². The van der Waals surface area contributed by atoms with Crippen LogP contribution in [0.3, 0.4) is 0 Å². The zero-order chi connectivity index (χ0) is 64.9. The number of hydrogen-bond acceptors (Lipinski definition) is 14. The van der Waals surface area contributed by atoms with E-state index in [0.29, 0.717) is 58.1 Å². The number of nitrogens with zero attached hydrogens (tertiary/aromatic N) is 1. The zero-order valence-electron chi connectivity index (χ0n) is 57.9. The van der Waals surface area contributed by atoms with Gasteiger partial charge in [0.2, 0.25) is 5.79 Å². The first-order valence-electron chi connectivity index (χ1n) is 33.7. The van der Waals surface area contributed by atoms with Crippen molar-refractivity contribution in [1.29, 1.82) is 0 Å².